The molecule has 4 rings (SSSR count). The fourth-order valence-corrected chi connectivity index (χ4v) is 4.55. The molecular weight excluding hydrogens is 459 g/mol. The van der Waals surface area contributed by atoms with Crippen molar-refractivity contribution in [1.82, 2.24) is 14.9 Å². The van der Waals surface area contributed by atoms with Crippen LogP contribution in [0.3, 0.4) is 0 Å². The lowest BCUT2D eigenvalue weighted by Gasteiger charge is -2.41. The summed E-state index contributed by atoms with van der Waals surface area (Å²) in [6.07, 6.45) is -1.29. The summed E-state index contributed by atoms with van der Waals surface area (Å²) in [7, 11) is 0. The summed E-state index contributed by atoms with van der Waals surface area (Å²) < 4.78 is 41.1. The van der Waals surface area contributed by atoms with E-state index in [9.17, 15) is 23.1 Å². The summed E-state index contributed by atoms with van der Waals surface area (Å²) in [5.41, 5.74) is 1.48. The zero-order valence-electron chi connectivity index (χ0n) is 19.8. The quantitative estimate of drug-likeness (QED) is 0.542. The molecule has 2 atom stereocenters. The monoisotopic (exact) mass is 487 g/mol. The number of aryl methyl sites for hydroxylation is 1. The smallest absolute Gasteiger partial charge is 0.266 e. The van der Waals surface area contributed by atoms with Crippen LogP contribution >= 0.6 is 0 Å². The lowest BCUT2D eigenvalue weighted by atomic mass is 10.0. The van der Waals surface area contributed by atoms with E-state index < -0.39 is 23.8 Å². The van der Waals surface area contributed by atoms with Gasteiger partial charge in [0, 0.05) is 49.4 Å². The van der Waals surface area contributed by atoms with Crippen molar-refractivity contribution in [2.75, 3.05) is 36.5 Å². The molecule has 3 aromatic rings. The number of nitrogens with one attached hydrogen (secondary N) is 1. The molecule has 1 saturated heterocycles. The maximum atomic E-state index is 14.7. The minimum absolute atomic E-state index is 0.0430. The molecule has 3 heterocycles. The van der Waals surface area contributed by atoms with E-state index in [4.69, 9.17) is 4.98 Å². The van der Waals surface area contributed by atoms with Crippen LogP contribution in [0.15, 0.2) is 36.5 Å². The number of anilines is 2. The SMILES string of the molecule is CC(=O)N1CCN(c2cc3c(N[C@H](C)c4cccc(C(F)F)c4F)ccnc3c(C)n2)[C@@H](CO)C1. The Kier molecular flexibility index (Phi) is 7.11. The Labute approximate surface area is 201 Å². The Morgan fingerprint density at radius 3 is 2.69 bits per heavy atom. The molecule has 0 radical (unpaired) electrons. The Morgan fingerprint density at radius 1 is 1.26 bits per heavy atom. The first kappa shape index (κ1) is 24.7. The zero-order valence-corrected chi connectivity index (χ0v) is 19.8. The number of aliphatic hydroxyl groups is 1. The number of hydrogen-bond donors (Lipinski definition) is 2. The second-order valence-corrected chi connectivity index (χ2v) is 8.73. The van der Waals surface area contributed by atoms with E-state index in [0.717, 1.165) is 11.5 Å². The van der Waals surface area contributed by atoms with E-state index in [2.05, 4.69) is 10.3 Å². The fourth-order valence-electron chi connectivity index (χ4n) is 4.55. The summed E-state index contributed by atoms with van der Waals surface area (Å²) in [6, 6.07) is 6.68. The van der Waals surface area contributed by atoms with Gasteiger partial charge < -0.3 is 20.2 Å². The van der Waals surface area contributed by atoms with Crippen molar-refractivity contribution >= 4 is 28.3 Å². The van der Waals surface area contributed by atoms with Gasteiger partial charge in [-0.05, 0) is 26.0 Å². The molecule has 0 unspecified atom stereocenters. The van der Waals surface area contributed by atoms with Gasteiger partial charge in [0.2, 0.25) is 5.91 Å². The van der Waals surface area contributed by atoms with Crippen molar-refractivity contribution in [3.05, 3.63) is 59.2 Å². The van der Waals surface area contributed by atoms with Gasteiger partial charge in [0.25, 0.3) is 6.43 Å². The number of alkyl halides is 2. The van der Waals surface area contributed by atoms with Gasteiger partial charge in [-0.15, -0.1) is 0 Å². The standard InChI is InChI=1S/C25H28F3N5O2/c1-14(18-5-4-6-19(23(18)26)25(27)28)30-21-7-8-29-24-15(2)31-22(11-20(21)24)33-10-9-32(16(3)35)12-17(33)13-34/h4-8,11,14,17,25,34H,9-10,12-13H2,1-3H3,(H,29,30)/t14-,17-/m1/s1. The number of aromatic nitrogens is 2. The number of carbonyl (C=O) groups is 1. The van der Waals surface area contributed by atoms with Crippen LogP contribution in [-0.2, 0) is 4.79 Å². The maximum Gasteiger partial charge on any atom is 0.266 e. The predicted molar refractivity (Wildman–Crippen MR) is 128 cm³/mol. The van der Waals surface area contributed by atoms with Crippen LogP contribution in [0.1, 0.15) is 43.1 Å². The number of hydrogen-bond acceptors (Lipinski definition) is 6. The first-order valence-corrected chi connectivity index (χ1v) is 11.4. The molecule has 0 spiro atoms. The summed E-state index contributed by atoms with van der Waals surface area (Å²) >= 11 is 0. The molecule has 35 heavy (non-hydrogen) atoms. The van der Waals surface area contributed by atoms with Crippen molar-refractivity contribution in [3.63, 3.8) is 0 Å². The third-order valence-electron chi connectivity index (χ3n) is 6.45. The Bertz CT molecular complexity index is 1240. The molecule has 10 heteroatoms. The number of nitrogens with zero attached hydrogens (tertiary/aromatic N) is 4. The highest BCUT2D eigenvalue weighted by molar-refractivity contribution is 5.94. The van der Waals surface area contributed by atoms with Crippen molar-refractivity contribution in [2.45, 2.75) is 39.3 Å². The first-order valence-electron chi connectivity index (χ1n) is 11.4. The number of rotatable bonds is 6. The molecule has 1 amide bonds. The molecule has 186 valence electrons. The topological polar surface area (TPSA) is 81.6 Å². The van der Waals surface area contributed by atoms with Gasteiger partial charge in [-0.25, -0.2) is 18.2 Å². The lowest BCUT2D eigenvalue weighted by molar-refractivity contribution is -0.129. The van der Waals surface area contributed by atoms with Crippen LogP contribution in [0, 0.1) is 12.7 Å². The molecule has 1 fully saturated rings. The highest BCUT2D eigenvalue weighted by Gasteiger charge is 2.29. The lowest BCUT2D eigenvalue weighted by Crippen LogP contribution is -2.56. The summed E-state index contributed by atoms with van der Waals surface area (Å²) in [5.74, 6) is -0.334. The van der Waals surface area contributed by atoms with Crippen LogP contribution in [0.2, 0.25) is 0 Å². The van der Waals surface area contributed by atoms with Crippen LogP contribution in [-0.4, -0.2) is 58.2 Å². The van der Waals surface area contributed by atoms with Crippen molar-refractivity contribution in [3.8, 4) is 0 Å². The van der Waals surface area contributed by atoms with E-state index in [-0.39, 0.29) is 24.1 Å². The molecular formula is C25H28F3N5O2. The molecule has 1 aliphatic rings. The van der Waals surface area contributed by atoms with E-state index in [0.29, 0.717) is 42.4 Å². The molecule has 1 aliphatic heterocycles. The molecule has 1 aromatic carbocycles. The second-order valence-electron chi connectivity index (χ2n) is 8.73. The van der Waals surface area contributed by atoms with Gasteiger partial charge in [-0.2, -0.15) is 0 Å². The average Bonchev–Trinajstić information content (AvgIpc) is 2.83. The van der Waals surface area contributed by atoms with Crippen LogP contribution in [0.25, 0.3) is 10.9 Å². The number of amides is 1. The number of aliphatic hydroxyl groups excluding tert-OH is 1. The summed E-state index contributed by atoms with van der Waals surface area (Å²) in [5, 5.41) is 13.9. The van der Waals surface area contributed by atoms with Crippen molar-refractivity contribution in [1.29, 1.82) is 0 Å². The van der Waals surface area contributed by atoms with Crippen molar-refractivity contribution in [2.24, 2.45) is 0 Å². The number of piperazine rings is 1. The van der Waals surface area contributed by atoms with E-state index >= 15 is 0 Å². The number of benzene rings is 1. The molecule has 0 bridgehead atoms. The average molecular weight is 488 g/mol. The highest BCUT2D eigenvalue weighted by Crippen LogP contribution is 2.33. The normalized spacial score (nSPS) is 17.2. The fraction of sp³-hybridized carbons (Fsp3) is 0.400. The van der Waals surface area contributed by atoms with E-state index in [1.54, 1.807) is 24.1 Å². The van der Waals surface area contributed by atoms with Crippen LogP contribution in [0.4, 0.5) is 24.7 Å². The number of carbonyl (C=O) groups excluding carboxylic acids is 1. The number of fused-ring (bicyclic) bond motifs is 1. The minimum atomic E-state index is -2.90. The third kappa shape index (κ3) is 4.88. The van der Waals surface area contributed by atoms with Crippen molar-refractivity contribution < 1.29 is 23.1 Å². The first-order chi connectivity index (χ1) is 16.7. The number of pyridine rings is 2. The molecule has 2 aromatic heterocycles. The Hall–Kier alpha value is -3.40. The van der Waals surface area contributed by atoms with Gasteiger partial charge in [0.1, 0.15) is 11.6 Å². The van der Waals surface area contributed by atoms with E-state index in [1.807, 2.05) is 17.9 Å². The molecule has 7 nitrogen and oxygen atoms in total. The number of halogens is 3. The Morgan fingerprint density at radius 2 is 2.00 bits per heavy atom. The van der Waals surface area contributed by atoms with Gasteiger partial charge in [-0.3, -0.25) is 9.78 Å². The molecule has 0 saturated carbocycles. The second kappa shape index (κ2) is 10.1. The van der Waals surface area contributed by atoms with E-state index in [1.165, 1.54) is 19.1 Å². The Balaban J connectivity index is 1.69. The van der Waals surface area contributed by atoms with Crippen LogP contribution in [0.5, 0.6) is 0 Å². The molecule has 0 aliphatic carbocycles. The largest absolute Gasteiger partial charge is 0.394 e. The van der Waals surface area contributed by atoms with Crippen LogP contribution < -0.4 is 10.2 Å². The van der Waals surface area contributed by atoms with Gasteiger partial charge in [-0.1, -0.05) is 18.2 Å². The van der Waals surface area contributed by atoms with Gasteiger partial charge in [0.05, 0.1) is 35.5 Å². The minimum Gasteiger partial charge on any atom is -0.394 e. The third-order valence-corrected chi connectivity index (χ3v) is 6.45. The maximum absolute atomic E-state index is 14.7. The van der Waals surface area contributed by atoms with Gasteiger partial charge >= 0.3 is 0 Å². The molecule has 2 N–H and O–H groups in total. The summed E-state index contributed by atoms with van der Waals surface area (Å²) in [4.78, 5) is 24.6. The zero-order chi connectivity index (χ0) is 25.3. The predicted octanol–water partition coefficient (Wildman–Crippen LogP) is 4.22. The van der Waals surface area contributed by atoms with Gasteiger partial charge in [0.15, 0.2) is 0 Å². The summed E-state index contributed by atoms with van der Waals surface area (Å²) in [6.45, 7) is 6.31. The highest BCUT2D eigenvalue weighted by atomic mass is 19.3.